The van der Waals surface area contributed by atoms with Crippen molar-refractivity contribution in [2.24, 2.45) is 5.73 Å². The first kappa shape index (κ1) is 12.8. The summed E-state index contributed by atoms with van der Waals surface area (Å²) in [7, 11) is 0. The summed E-state index contributed by atoms with van der Waals surface area (Å²) in [6.45, 7) is 0.939. The minimum atomic E-state index is -2.62. The maximum Gasteiger partial charge on any atom is 0.272 e. The molecule has 0 saturated heterocycles. The second-order valence-electron chi connectivity index (χ2n) is 3.61. The van der Waals surface area contributed by atoms with Gasteiger partial charge in [-0.1, -0.05) is 12.1 Å². The fourth-order valence-corrected chi connectivity index (χ4v) is 1.37. The molecule has 0 aromatic heterocycles. The summed E-state index contributed by atoms with van der Waals surface area (Å²) in [5.74, 6) is -0.765. The van der Waals surface area contributed by atoms with Crippen LogP contribution in [0.15, 0.2) is 18.2 Å². The van der Waals surface area contributed by atoms with Crippen molar-refractivity contribution >= 4 is 0 Å². The SMILES string of the molecule is CC(N)Cc1cccc(F)c1OCC(F)F. The molecule has 2 nitrogen and oxygen atoms in total. The number of nitrogens with two attached hydrogens (primary N) is 1. The van der Waals surface area contributed by atoms with Crippen LogP contribution in [-0.4, -0.2) is 19.1 Å². The first-order valence-corrected chi connectivity index (χ1v) is 4.94. The van der Waals surface area contributed by atoms with Crippen molar-refractivity contribution in [2.45, 2.75) is 25.8 Å². The summed E-state index contributed by atoms with van der Waals surface area (Å²) in [6.07, 6.45) is -2.24. The Morgan fingerprint density at radius 3 is 2.62 bits per heavy atom. The van der Waals surface area contributed by atoms with Crippen LogP contribution in [0.2, 0.25) is 0 Å². The third-order valence-corrected chi connectivity index (χ3v) is 1.94. The van der Waals surface area contributed by atoms with Gasteiger partial charge in [0.15, 0.2) is 11.6 Å². The van der Waals surface area contributed by atoms with E-state index in [0.717, 1.165) is 0 Å². The second-order valence-corrected chi connectivity index (χ2v) is 3.61. The highest BCUT2D eigenvalue weighted by atomic mass is 19.3. The molecule has 0 saturated carbocycles. The van der Waals surface area contributed by atoms with Crippen LogP contribution >= 0.6 is 0 Å². The van der Waals surface area contributed by atoms with Crippen LogP contribution in [0, 0.1) is 5.82 Å². The Morgan fingerprint density at radius 2 is 2.06 bits per heavy atom. The predicted octanol–water partition coefficient (Wildman–Crippen LogP) is 2.36. The summed E-state index contributed by atoms with van der Waals surface area (Å²) in [6, 6.07) is 4.11. The Balaban J connectivity index is 2.85. The van der Waals surface area contributed by atoms with Gasteiger partial charge >= 0.3 is 0 Å². The first-order chi connectivity index (χ1) is 7.50. The molecule has 0 bridgehead atoms. The summed E-state index contributed by atoms with van der Waals surface area (Å²) in [5.41, 5.74) is 6.08. The summed E-state index contributed by atoms with van der Waals surface area (Å²) in [4.78, 5) is 0. The standard InChI is InChI=1S/C11H14F3NO/c1-7(15)5-8-3-2-4-9(12)11(8)16-6-10(13)14/h2-4,7,10H,5-6,15H2,1H3. The fourth-order valence-electron chi connectivity index (χ4n) is 1.37. The molecular weight excluding hydrogens is 219 g/mol. The molecule has 0 spiro atoms. The van der Waals surface area contributed by atoms with Gasteiger partial charge in [-0.05, 0) is 25.0 Å². The third kappa shape index (κ3) is 3.73. The lowest BCUT2D eigenvalue weighted by molar-refractivity contribution is 0.0793. The van der Waals surface area contributed by atoms with Crippen molar-refractivity contribution in [3.63, 3.8) is 0 Å². The molecule has 5 heteroatoms. The number of halogens is 3. The number of alkyl halides is 2. The van der Waals surface area contributed by atoms with Crippen LogP contribution in [0.3, 0.4) is 0 Å². The zero-order chi connectivity index (χ0) is 12.1. The molecule has 0 aliphatic rings. The lowest BCUT2D eigenvalue weighted by atomic mass is 10.1. The normalized spacial score (nSPS) is 12.9. The Morgan fingerprint density at radius 1 is 1.38 bits per heavy atom. The minimum Gasteiger partial charge on any atom is -0.484 e. The molecule has 0 aliphatic carbocycles. The monoisotopic (exact) mass is 233 g/mol. The highest BCUT2D eigenvalue weighted by Gasteiger charge is 2.13. The van der Waals surface area contributed by atoms with Gasteiger partial charge in [0, 0.05) is 6.04 Å². The van der Waals surface area contributed by atoms with E-state index in [2.05, 4.69) is 0 Å². The Hall–Kier alpha value is -1.23. The minimum absolute atomic E-state index is 0.125. The van der Waals surface area contributed by atoms with E-state index in [9.17, 15) is 13.2 Å². The number of hydrogen-bond donors (Lipinski definition) is 1. The molecule has 90 valence electrons. The molecule has 1 unspecified atom stereocenters. The summed E-state index contributed by atoms with van der Waals surface area (Å²) in [5, 5.41) is 0. The van der Waals surface area contributed by atoms with Crippen LogP contribution in [-0.2, 0) is 6.42 Å². The molecule has 0 amide bonds. The zero-order valence-electron chi connectivity index (χ0n) is 8.92. The molecule has 0 aliphatic heterocycles. The van der Waals surface area contributed by atoms with Gasteiger partial charge in [0.25, 0.3) is 6.43 Å². The van der Waals surface area contributed by atoms with E-state index in [-0.39, 0.29) is 11.8 Å². The van der Waals surface area contributed by atoms with Crippen molar-refractivity contribution in [2.75, 3.05) is 6.61 Å². The number of para-hydroxylation sites is 1. The maximum atomic E-state index is 13.3. The van der Waals surface area contributed by atoms with E-state index in [1.807, 2.05) is 0 Å². The van der Waals surface area contributed by atoms with Crippen LogP contribution in [0.1, 0.15) is 12.5 Å². The van der Waals surface area contributed by atoms with Crippen LogP contribution < -0.4 is 10.5 Å². The summed E-state index contributed by atoms with van der Waals surface area (Å²) >= 11 is 0. The van der Waals surface area contributed by atoms with Crippen molar-refractivity contribution in [1.82, 2.24) is 0 Å². The van der Waals surface area contributed by atoms with Gasteiger partial charge in [-0.25, -0.2) is 13.2 Å². The van der Waals surface area contributed by atoms with E-state index < -0.39 is 18.8 Å². The van der Waals surface area contributed by atoms with Gasteiger partial charge in [-0.15, -0.1) is 0 Å². The van der Waals surface area contributed by atoms with Gasteiger partial charge in [0.05, 0.1) is 0 Å². The van der Waals surface area contributed by atoms with E-state index in [1.165, 1.54) is 12.1 Å². The number of benzene rings is 1. The predicted molar refractivity (Wildman–Crippen MR) is 55.3 cm³/mol. The molecule has 2 N–H and O–H groups in total. The Kier molecular flexibility index (Phi) is 4.61. The summed E-state index contributed by atoms with van der Waals surface area (Å²) < 4.78 is 42.0. The van der Waals surface area contributed by atoms with Gasteiger partial charge in [0.1, 0.15) is 6.61 Å². The average Bonchev–Trinajstić information content (AvgIpc) is 2.15. The number of ether oxygens (including phenoxy) is 1. The number of hydrogen-bond acceptors (Lipinski definition) is 2. The Labute approximate surface area is 92.2 Å². The molecule has 1 atom stereocenters. The topological polar surface area (TPSA) is 35.2 Å². The van der Waals surface area contributed by atoms with Crippen molar-refractivity contribution < 1.29 is 17.9 Å². The van der Waals surface area contributed by atoms with Crippen LogP contribution in [0.5, 0.6) is 5.75 Å². The first-order valence-electron chi connectivity index (χ1n) is 4.94. The van der Waals surface area contributed by atoms with Crippen molar-refractivity contribution in [3.05, 3.63) is 29.6 Å². The van der Waals surface area contributed by atoms with Gasteiger partial charge < -0.3 is 10.5 Å². The smallest absolute Gasteiger partial charge is 0.272 e. The maximum absolute atomic E-state index is 13.3. The molecule has 1 rings (SSSR count). The molecule has 0 heterocycles. The molecule has 0 radical (unpaired) electrons. The van der Waals surface area contributed by atoms with Crippen LogP contribution in [0.4, 0.5) is 13.2 Å². The third-order valence-electron chi connectivity index (χ3n) is 1.94. The lowest BCUT2D eigenvalue weighted by Gasteiger charge is -2.13. The zero-order valence-corrected chi connectivity index (χ0v) is 8.92. The van der Waals surface area contributed by atoms with E-state index in [0.29, 0.717) is 12.0 Å². The second kappa shape index (κ2) is 5.75. The molecule has 16 heavy (non-hydrogen) atoms. The highest BCUT2D eigenvalue weighted by Crippen LogP contribution is 2.24. The molecule has 1 aromatic carbocycles. The van der Waals surface area contributed by atoms with E-state index in [4.69, 9.17) is 10.5 Å². The van der Waals surface area contributed by atoms with Crippen molar-refractivity contribution in [1.29, 1.82) is 0 Å². The molecule has 0 fully saturated rings. The fraction of sp³-hybridized carbons (Fsp3) is 0.455. The lowest BCUT2D eigenvalue weighted by Crippen LogP contribution is -2.19. The number of rotatable bonds is 5. The average molecular weight is 233 g/mol. The van der Waals surface area contributed by atoms with E-state index >= 15 is 0 Å². The quantitative estimate of drug-likeness (QED) is 0.847. The van der Waals surface area contributed by atoms with Gasteiger partial charge in [-0.3, -0.25) is 0 Å². The van der Waals surface area contributed by atoms with Crippen LogP contribution in [0.25, 0.3) is 0 Å². The molecule has 1 aromatic rings. The van der Waals surface area contributed by atoms with Gasteiger partial charge in [0.2, 0.25) is 0 Å². The van der Waals surface area contributed by atoms with E-state index in [1.54, 1.807) is 13.0 Å². The highest BCUT2D eigenvalue weighted by molar-refractivity contribution is 5.35. The van der Waals surface area contributed by atoms with Gasteiger partial charge in [-0.2, -0.15) is 0 Å². The largest absolute Gasteiger partial charge is 0.484 e. The Bertz CT molecular complexity index is 342. The van der Waals surface area contributed by atoms with Crippen molar-refractivity contribution in [3.8, 4) is 5.75 Å². The molecular formula is C11H14F3NO.